The number of methoxy groups -OCH3 is 1. The van der Waals surface area contributed by atoms with Crippen LogP contribution in [0.25, 0.3) is 0 Å². The summed E-state index contributed by atoms with van der Waals surface area (Å²) < 4.78 is 21.4. The number of imide groups is 1. The average molecular weight is 580 g/mol. The van der Waals surface area contributed by atoms with Crippen LogP contribution in [0.4, 0.5) is 30.6 Å². The van der Waals surface area contributed by atoms with Gasteiger partial charge in [-0.3, -0.25) is 4.98 Å². The second-order valence-corrected chi connectivity index (χ2v) is 13.0. The molecule has 1 aromatic heterocycles. The van der Waals surface area contributed by atoms with Crippen LogP contribution in [0.15, 0.2) is 18.5 Å². The van der Waals surface area contributed by atoms with E-state index in [0.717, 1.165) is 4.90 Å². The number of aromatic nitrogens is 1. The molecule has 0 aliphatic carbocycles. The summed E-state index contributed by atoms with van der Waals surface area (Å²) in [4.78, 5) is 58.5. The first-order chi connectivity index (χ1) is 18.7. The molecular weight excluding hydrogens is 534 g/mol. The van der Waals surface area contributed by atoms with E-state index in [1.54, 1.807) is 68.4 Å². The third kappa shape index (κ3) is 10.3. The van der Waals surface area contributed by atoms with Crippen molar-refractivity contribution < 1.29 is 38.1 Å². The Balaban J connectivity index is 2.53. The van der Waals surface area contributed by atoms with Gasteiger partial charge in [0.15, 0.2) is 0 Å². The van der Waals surface area contributed by atoms with Gasteiger partial charge >= 0.3 is 24.4 Å². The normalized spacial score (nSPS) is 19.5. The van der Waals surface area contributed by atoms with Crippen molar-refractivity contribution in [3.8, 4) is 0 Å². The van der Waals surface area contributed by atoms with Gasteiger partial charge in [-0.05, 0) is 74.3 Å². The highest BCUT2D eigenvalue weighted by atomic mass is 16.6. The number of nitrogens with zero attached hydrogens (tertiary/aromatic N) is 3. The molecule has 1 aliphatic heterocycles. The minimum atomic E-state index is -0.931. The van der Waals surface area contributed by atoms with Gasteiger partial charge in [0.1, 0.15) is 22.5 Å². The first-order valence-corrected chi connectivity index (χ1v) is 13.5. The largest absolute Gasteiger partial charge is 0.453 e. The molecule has 0 bridgehead atoms. The number of hydrogen-bond acceptors (Lipinski definition) is 10. The molecule has 2 N–H and O–H groups in total. The fraction of sp³-hybridized carbons (Fsp3) is 0.679. The number of carbonyl (C=O) groups excluding carboxylic acids is 4. The summed E-state index contributed by atoms with van der Waals surface area (Å²) >= 11 is 0. The zero-order chi connectivity index (χ0) is 31.3. The zero-order valence-electron chi connectivity index (χ0n) is 26.0. The maximum Gasteiger partial charge on any atom is 0.424 e. The van der Waals surface area contributed by atoms with Gasteiger partial charge in [0.2, 0.25) is 0 Å². The molecule has 0 spiro atoms. The predicted molar refractivity (Wildman–Crippen MR) is 153 cm³/mol. The Morgan fingerprint density at radius 1 is 0.854 bits per heavy atom. The fourth-order valence-electron chi connectivity index (χ4n) is 4.22. The molecule has 1 aromatic rings. The standard InChI is InChI=1S/C28H45N5O8/c1-17-15-32(16-18(21(17)31-22(34)38-11)30-23(35)39-26(2,3)4)19-12-13-29-14-20(19)33(24(36)40-27(5,6)7)25(37)41-28(8,9)10/h12-14,17-18,21H,15-16H2,1-11H3,(H,30,35)(H,31,34)/t17-,18+,21-/m0/s1. The Morgan fingerprint density at radius 2 is 1.39 bits per heavy atom. The molecule has 0 saturated carbocycles. The topological polar surface area (TPSA) is 149 Å². The van der Waals surface area contributed by atoms with Crippen molar-refractivity contribution >= 4 is 35.7 Å². The number of carbonyl (C=O) groups is 4. The second kappa shape index (κ2) is 12.8. The molecule has 0 unspecified atom stereocenters. The van der Waals surface area contributed by atoms with E-state index in [1.165, 1.54) is 19.5 Å². The molecule has 230 valence electrons. The molecule has 2 rings (SSSR count). The minimum absolute atomic E-state index is 0.138. The van der Waals surface area contributed by atoms with Crippen molar-refractivity contribution in [2.45, 2.75) is 98.1 Å². The highest BCUT2D eigenvalue weighted by Gasteiger charge is 2.40. The Hall–Kier alpha value is -3.77. The number of piperidine rings is 1. The molecule has 1 saturated heterocycles. The molecule has 1 aliphatic rings. The van der Waals surface area contributed by atoms with Gasteiger partial charge in [-0.25, -0.2) is 19.2 Å². The number of nitrogens with one attached hydrogen (secondary N) is 2. The lowest BCUT2D eigenvalue weighted by molar-refractivity contribution is 0.0427. The number of amides is 4. The molecular formula is C28H45N5O8. The lowest BCUT2D eigenvalue weighted by atomic mass is 9.89. The molecule has 2 heterocycles. The Labute approximate surface area is 242 Å². The highest BCUT2D eigenvalue weighted by molar-refractivity contribution is 6.11. The van der Waals surface area contributed by atoms with Crippen molar-refractivity contribution in [1.82, 2.24) is 15.6 Å². The number of anilines is 2. The lowest BCUT2D eigenvalue weighted by Gasteiger charge is -2.44. The number of hydrogen-bond donors (Lipinski definition) is 2. The summed E-state index contributed by atoms with van der Waals surface area (Å²) in [7, 11) is 1.26. The van der Waals surface area contributed by atoms with Crippen molar-refractivity contribution in [3.05, 3.63) is 18.5 Å². The molecule has 41 heavy (non-hydrogen) atoms. The minimum Gasteiger partial charge on any atom is -0.453 e. The van der Waals surface area contributed by atoms with Gasteiger partial charge in [0.25, 0.3) is 0 Å². The smallest absolute Gasteiger partial charge is 0.424 e. The monoisotopic (exact) mass is 579 g/mol. The van der Waals surface area contributed by atoms with E-state index >= 15 is 0 Å². The zero-order valence-corrected chi connectivity index (χ0v) is 26.0. The molecule has 0 radical (unpaired) electrons. The van der Waals surface area contributed by atoms with Gasteiger partial charge in [0, 0.05) is 19.3 Å². The summed E-state index contributed by atoms with van der Waals surface area (Å²) in [5, 5.41) is 5.66. The van der Waals surface area contributed by atoms with E-state index in [9.17, 15) is 19.2 Å². The maximum absolute atomic E-state index is 13.4. The Kier molecular flexibility index (Phi) is 10.5. The molecule has 1 fully saturated rings. The van der Waals surface area contributed by atoms with Crippen LogP contribution in [-0.2, 0) is 18.9 Å². The summed E-state index contributed by atoms with van der Waals surface area (Å²) in [5.41, 5.74) is -1.92. The van der Waals surface area contributed by atoms with Gasteiger partial charge in [-0.1, -0.05) is 6.92 Å². The predicted octanol–water partition coefficient (Wildman–Crippen LogP) is 4.83. The summed E-state index contributed by atoms with van der Waals surface area (Å²) in [6, 6.07) is 0.511. The molecule has 3 atom stereocenters. The first kappa shape index (κ1) is 33.4. The molecule has 0 aromatic carbocycles. The average Bonchev–Trinajstić information content (AvgIpc) is 2.77. The highest BCUT2D eigenvalue weighted by Crippen LogP contribution is 2.34. The SMILES string of the molecule is COC(=O)N[C@H]1[C@@H](C)CN(c2ccncc2N(C(=O)OC(C)(C)C)C(=O)OC(C)(C)C)C[C@H]1NC(=O)OC(C)(C)C. The van der Waals surface area contributed by atoms with Crippen molar-refractivity contribution in [2.24, 2.45) is 5.92 Å². The van der Waals surface area contributed by atoms with Crippen LogP contribution in [0.3, 0.4) is 0 Å². The first-order valence-electron chi connectivity index (χ1n) is 13.5. The second-order valence-electron chi connectivity index (χ2n) is 13.0. The van der Waals surface area contributed by atoms with Crippen LogP contribution in [-0.4, -0.2) is 78.4 Å². The van der Waals surface area contributed by atoms with Crippen LogP contribution in [0.5, 0.6) is 0 Å². The van der Waals surface area contributed by atoms with E-state index < -0.39 is 53.3 Å². The van der Waals surface area contributed by atoms with Gasteiger partial charge in [-0.15, -0.1) is 0 Å². The van der Waals surface area contributed by atoms with Crippen LogP contribution in [0.1, 0.15) is 69.2 Å². The summed E-state index contributed by atoms with van der Waals surface area (Å²) in [5.74, 6) is -0.222. The van der Waals surface area contributed by atoms with E-state index in [4.69, 9.17) is 18.9 Å². The molecule has 13 heteroatoms. The fourth-order valence-corrected chi connectivity index (χ4v) is 4.22. The van der Waals surface area contributed by atoms with Crippen LogP contribution in [0, 0.1) is 5.92 Å². The number of ether oxygens (including phenoxy) is 4. The number of rotatable bonds is 4. The Morgan fingerprint density at radius 3 is 1.88 bits per heavy atom. The van der Waals surface area contributed by atoms with Gasteiger partial charge in [0.05, 0.1) is 31.1 Å². The molecule has 4 amide bonds. The van der Waals surface area contributed by atoms with Crippen LogP contribution < -0.4 is 20.4 Å². The van der Waals surface area contributed by atoms with E-state index in [1.807, 2.05) is 11.8 Å². The third-order valence-corrected chi connectivity index (χ3v) is 5.66. The van der Waals surface area contributed by atoms with Gasteiger partial charge in [-0.2, -0.15) is 4.90 Å². The van der Waals surface area contributed by atoms with Crippen LogP contribution in [0.2, 0.25) is 0 Å². The van der Waals surface area contributed by atoms with Crippen molar-refractivity contribution in [2.75, 3.05) is 30.0 Å². The third-order valence-electron chi connectivity index (χ3n) is 5.66. The van der Waals surface area contributed by atoms with Crippen molar-refractivity contribution in [1.29, 1.82) is 0 Å². The maximum atomic E-state index is 13.4. The summed E-state index contributed by atoms with van der Waals surface area (Å²) in [6.45, 7) is 17.9. The van der Waals surface area contributed by atoms with Gasteiger partial charge < -0.3 is 34.5 Å². The number of alkyl carbamates (subject to hydrolysis) is 2. The van der Waals surface area contributed by atoms with E-state index in [-0.39, 0.29) is 18.2 Å². The quantitative estimate of drug-likeness (QED) is 0.475. The Bertz CT molecular complexity index is 1080. The van der Waals surface area contributed by atoms with E-state index in [0.29, 0.717) is 12.2 Å². The van der Waals surface area contributed by atoms with Crippen molar-refractivity contribution in [3.63, 3.8) is 0 Å². The molecule has 13 nitrogen and oxygen atoms in total. The number of pyridine rings is 1. The van der Waals surface area contributed by atoms with E-state index in [2.05, 4.69) is 15.6 Å². The summed E-state index contributed by atoms with van der Waals surface area (Å²) in [6.07, 6.45) is -0.257. The lowest BCUT2D eigenvalue weighted by Crippen LogP contribution is -2.64. The van der Waals surface area contributed by atoms with Crippen LogP contribution >= 0.6 is 0 Å².